The smallest absolute Gasteiger partial charge is 0.340 e. The number of nitrogens with zero attached hydrogens (tertiary/aromatic N) is 1. The van der Waals surface area contributed by atoms with Crippen molar-refractivity contribution >= 4 is 46.5 Å². The Morgan fingerprint density at radius 1 is 1.07 bits per heavy atom. The van der Waals surface area contributed by atoms with Gasteiger partial charge >= 0.3 is 5.97 Å². The first-order valence-corrected chi connectivity index (χ1v) is 8.34. The van der Waals surface area contributed by atoms with Gasteiger partial charge in [-0.3, -0.25) is 14.9 Å². The Labute approximate surface area is 169 Å². The molecule has 0 aliphatic rings. The van der Waals surface area contributed by atoms with Gasteiger partial charge in [-0.2, -0.15) is 0 Å². The fourth-order valence-electron chi connectivity index (χ4n) is 2.14. The van der Waals surface area contributed by atoms with Crippen LogP contribution in [0.3, 0.4) is 0 Å². The lowest BCUT2D eigenvalue weighted by molar-refractivity contribution is -0.384. The van der Waals surface area contributed by atoms with Crippen molar-refractivity contribution in [1.82, 2.24) is 0 Å². The maximum absolute atomic E-state index is 12.1. The number of amides is 1. The molecular formula is C17H14Cl2N2O7. The van der Waals surface area contributed by atoms with Crippen molar-refractivity contribution in [1.29, 1.82) is 0 Å². The van der Waals surface area contributed by atoms with Gasteiger partial charge in [0, 0.05) is 18.2 Å². The summed E-state index contributed by atoms with van der Waals surface area (Å²) >= 11 is 11.9. The van der Waals surface area contributed by atoms with Crippen LogP contribution in [0.15, 0.2) is 30.3 Å². The molecule has 0 heterocycles. The second-order valence-corrected chi connectivity index (χ2v) is 6.05. The van der Waals surface area contributed by atoms with Crippen molar-refractivity contribution in [2.45, 2.75) is 0 Å². The number of ether oxygens (including phenoxy) is 3. The van der Waals surface area contributed by atoms with Crippen LogP contribution in [0.25, 0.3) is 0 Å². The molecular weight excluding hydrogens is 415 g/mol. The summed E-state index contributed by atoms with van der Waals surface area (Å²) in [7, 11) is 2.83. The molecule has 11 heteroatoms. The normalized spacial score (nSPS) is 10.1. The molecule has 0 saturated carbocycles. The van der Waals surface area contributed by atoms with Gasteiger partial charge in [0.2, 0.25) is 0 Å². The van der Waals surface area contributed by atoms with E-state index in [0.717, 1.165) is 18.2 Å². The molecule has 0 fully saturated rings. The molecule has 0 radical (unpaired) electrons. The molecule has 148 valence electrons. The minimum atomic E-state index is -0.908. The molecule has 0 atom stereocenters. The van der Waals surface area contributed by atoms with E-state index in [2.05, 4.69) is 5.32 Å². The van der Waals surface area contributed by atoms with E-state index < -0.39 is 23.4 Å². The summed E-state index contributed by atoms with van der Waals surface area (Å²) < 4.78 is 15.1. The molecule has 1 N–H and O–H groups in total. The highest BCUT2D eigenvalue weighted by Gasteiger charge is 2.18. The topological polar surface area (TPSA) is 117 Å². The number of carbonyl (C=O) groups excluding carboxylic acids is 2. The van der Waals surface area contributed by atoms with E-state index in [9.17, 15) is 19.7 Å². The van der Waals surface area contributed by atoms with Crippen LogP contribution >= 0.6 is 23.2 Å². The maximum Gasteiger partial charge on any atom is 0.340 e. The summed E-state index contributed by atoms with van der Waals surface area (Å²) in [5.41, 5.74) is -0.129. The number of halogens is 2. The Morgan fingerprint density at radius 2 is 1.75 bits per heavy atom. The number of nitro benzene ring substituents is 1. The average molecular weight is 429 g/mol. The molecule has 0 bridgehead atoms. The summed E-state index contributed by atoms with van der Waals surface area (Å²) in [6.45, 7) is -0.626. The first-order chi connectivity index (χ1) is 13.3. The third kappa shape index (κ3) is 5.02. The van der Waals surface area contributed by atoms with Gasteiger partial charge in [0.1, 0.15) is 11.5 Å². The summed E-state index contributed by atoms with van der Waals surface area (Å²) in [4.78, 5) is 34.2. The highest BCUT2D eigenvalue weighted by molar-refractivity contribution is 6.34. The Morgan fingerprint density at radius 3 is 2.32 bits per heavy atom. The van der Waals surface area contributed by atoms with Crippen molar-refractivity contribution in [2.75, 3.05) is 26.1 Å². The Balaban J connectivity index is 2.04. The average Bonchev–Trinajstić information content (AvgIpc) is 2.66. The zero-order valence-corrected chi connectivity index (χ0v) is 16.2. The van der Waals surface area contributed by atoms with Crippen molar-refractivity contribution < 1.29 is 28.7 Å². The molecule has 2 rings (SSSR count). The Kier molecular flexibility index (Phi) is 7.02. The number of nitrogens with one attached hydrogen (secondary N) is 1. The summed E-state index contributed by atoms with van der Waals surface area (Å²) in [6.07, 6.45) is 0. The first kappa shape index (κ1) is 21.3. The third-order valence-corrected chi connectivity index (χ3v) is 4.07. The van der Waals surface area contributed by atoms with Crippen molar-refractivity contribution in [3.8, 4) is 11.5 Å². The van der Waals surface area contributed by atoms with Crippen molar-refractivity contribution in [3.63, 3.8) is 0 Å². The zero-order chi connectivity index (χ0) is 20.8. The van der Waals surface area contributed by atoms with E-state index in [4.69, 9.17) is 37.4 Å². The molecule has 0 saturated heterocycles. The lowest BCUT2D eigenvalue weighted by atomic mass is 10.2. The van der Waals surface area contributed by atoms with Gasteiger partial charge in [-0.05, 0) is 12.1 Å². The number of anilines is 1. The minimum Gasteiger partial charge on any atom is -0.495 e. The quantitative estimate of drug-likeness (QED) is 0.405. The number of esters is 1. The van der Waals surface area contributed by atoms with E-state index in [0.29, 0.717) is 11.5 Å². The monoisotopic (exact) mass is 428 g/mol. The molecule has 0 unspecified atom stereocenters. The number of hydrogen-bond acceptors (Lipinski definition) is 7. The largest absolute Gasteiger partial charge is 0.495 e. The van der Waals surface area contributed by atoms with Crippen LogP contribution in [0, 0.1) is 10.1 Å². The highest BCUT2D eigenvalue weighted by Crippen LogP contribution is 2.35. The lowest BCUT2D eigenvalue weighted by Crippen LogP contribution is -2.21. The van der Waals surface area contributed by atoms with Gasteiger partial charge in [-0.25, -0.2) is 4.79 Å². The summed E-state index contributed by atoms with van der Waals surface area (Å²) in [5.74, 6) is -0.921. The standard InChI is InChI=1S/C17H14Cl2N2O7/c1-26-14-7-15(27-2)13(6-12(14)19)20-16(22)8-28-17(23)10-4-3-9(21(24)25)5-11(10)18/h3-7H,8H2,1-2H3,(H,20,22). The number of non-ortho nitro benzene ring substituents is 1. The maximum atomic E-state index is 12.1. The number of benzene rings is 2. The predicted molar refractivity (Wildman–Crippen MR) is 102 cm³/mol. The van der Waals surface area contributed by atoms with E-state index >= 15 is 0 Å². The highest BCUT2D eigenvalue weighted by atomic mass is 35.5. The van der Waals surface area contributed by atoms with E-state index in [1.165, 1.54) is 26.4 Å². The van der Waals surface area contributed by atoms with Gasteiger partial charge in [-0.15, -0.1) is 0 Å². The van der Waals surface area contributed by atoms with Gasteiger partial charge in [0.15, 0.2) is 6.61 Å². The molecule has 0 aliphatic carbocycles. The van der Waals surface area contributed by atoms with E-state index in [-0.39, 0.29) is 27.0 Å². The van der Waals surface area contributed by atoms with Crippen LogP contribution in [-0.2, 0) is 9.53 Å². The van der Waals surface area contributed by atoms with E-state index in [1.807, 2.05) is 0 Å². The van der Waals surface area contributed by atoms with Crippen LogP contribution in [0.1, 0.15) is 10.4 Å². The predicted octanol–water partition coefficient (Wildman–Crippen LogP) is 3.71. The van der Waals surface area contributed by atoms with Crippen LogP contribution in [-0.4, -0.2) is 37.6 Å². The van der Waals surface area contributed by atoms with Gasteiger partial charge < -0.3 is 19.5 Å². The number of hydrogen-bond donors (Lipinski definition) is 1. The number of rotatable bonds is 7. The van der Waals surface area contributed by atoms with E-state index in [1.54, 1.807) is 0 Å². The SMILES string of the molecule is COc1cc(OC)c(NC(=O)COC(=O)c2ccc([N+](=O)[O-])cc2Cl)cc1Cl. The molecule has 2 aromatic carbocycles. The number of methoxy groups -OCH3 is 2. The zero-order valence-electron chi connectivity index (χ0n) is 14.7. The van der Waals surface area contributed by atoms with Crippen LogP contribution in [0.2, 0.25) is 10.0 Å². The number of carbonyl (C=O) groups is 2. The molecule has 28 heavy (non-hydrogen) atoms. The van der Waals surface area contributed by atoms with Crippen molar-refractivity contribution in [3.05, 3.63) is 56.1 Å². The summed E-state index contributed by atoms with van der Waals surface area (Å²) in [6, 6.07) is 6.18. The fourth-order valence-corrected chi connectivity index (χ4v) is 2.63. The summed E-state index contributed by atoms with van der Waals surface area (Å²) in [5, 5.41) is 13.3. The third-order valence-electron chi connectivity index (χ3n) is 3.47. The molecule has 9 nitrogen and oxygen atoms in total. The fraction of sp³-hybridized carbons (Fsp3) is 0.176. The molecule has 1 amide bonds. The lowest BCUT2D eigenvalue weighted by Gasteiger charge is -2.13. The first-order valence-electron chi connectivity index (χ1n) is 7.59. The molecule has 0 aromatic heterocycles. The molecule has 2 aromatic rings. The van der Waals surface area contributed by atoms with Gasteiger partial charge in [0.25, 0.3) is 11.6 Å². The van der Waals surface area contributed by atoms with Crippen LogP contribution in [0.5, 0.6) is 11.5 Å². The molecule has 0 aliphatic heterocycles. The van der Waals surface area contributed by atoms with Crippen molar-refractivity contribution in [2.24, 2.45) is 0 Å². The van der Waals surface area contributed by atoms with Gasteiger partial charge in [-0.1, -0.05) is 23.2 Å². The number of nitro groups is 1. The Bertz CT molecular complexity index is 934. The van der Waals surface area contributed by atoms with Crippen LogP contribution < -0.4 is 14.8 Å². The second-order valence-electron chi connectivity index (χ2n) is 5.23. The Hall–Kier alpha value is -3.04. The van der Waals surface area contributed by atoms with Gasteiger partial charge in [0.05, 0.1) is 40.4 Å². The molecule has 0 spiro atoms. The van der Waals surface area contributed by atoms with Crippen LogP contribution in [0.4, 0.5) is 11.4 Å². The minimum absolute atomic E-state index is 0.106. The second kappa shape index (κ2) is 9.25.